The average molecular weight is 488 g/mol. The molecule has 3 heterocycles. The predicted octanol–water partition coefficient (Wildman–Crippen LogP) is 8.59. The van der Waals surface area contributed by atoms with Crippen molar-refractivity contribution in [2.24, 2.45) is 0 Å². The molecule has 0 aliphatic heterocycles. The van der Waals surface area contributed by atoms with Gasteiger partial charge in [-0.15, -0.1) is 11.3 Å². The first kappa shape index (κ1) is 22.8. The first-order valence-electron chi connectivity index (χ1n) is 11.2. The molecule has 0 aliphatic rings. The summed E-state index contributed by atoms with van der Waals surface area (Å²) in [5.41, 5.74) is 7.72. The zero-order chi connectivity index (χ0) is 24.0. The maximum absolute atomic E-state index is 14.2. The van der Waals surface area contributed by atoms with Crippen molar-refractivity contribution in [2.45, 2.75) is 39.4 Å². The second-order valence-electron chi connectivity index (χ2n) is 9.21. The van der Waals surface area contributed by atoms with Crippen LogP contribution in [-0.2, 0) is 4.75 Å². The van der Waals surface area contributed by atoms with E-state index in [1.54, 1.807) is 17.5 Å². The van der Waals surface area contributed by atoms with Crippen molar-refractivity contribution in [1.82, 2.24) is 14.5 Å². The number of rotatable bonds is 5. The van der Waals surface area contributed by atoms with Gasteiger partial charge in [-0.1, -0.05) is 35.9 Å². The highest BCUT2D eigenvalue weighted by molar-refractivity contribution is 7.95. The van der Waals surface area contributed by atoms with Crippen molar-refractivity contribution in [3.63, 3.8) is 0 Å². The summed E-state index contributed by atoms with van der Waals surface area (Å²) in [7, 11) is 0. The number of fused-ring (bicyclic) bond motifs is 1. The Morgan fingerprint density at radius 1 is 1.00 bits per heavy atom. The maximum atomic E-state index is 14.2. The van der Waals surface area contributed by atoms with Crippen molar-refractivity contribution >= 4 is 33.6 Å². The fourth-order valence-corrected chi connectivity index (χ4v) is 6.19. The first-order chi connectivity index (χ1) is 16.3. The van der Waals surface area contributed by atoms with Gasteiger partial charge in [0, 0.05) is 45.5 Å². The Morgan fingerprint density at radius 3 is 2.44 bits per heavy atom. The Labute approximate surface area is 208 Å². The van der Waals surface area contributed by atoms with E-state index >= 15 is 0 Å². The van der Waals surface area contributed by atoms with Gasteiger partial charge in [0.05, 0.1) is 22.6 Å². The summed E-state index contributed by atoms with van der Waals surface area (Å²) >= 11 is 2.08. The Hall–Kier alpha value is -2.96. The van der Waals surface area contributed by atoms with Crippen molar-refractivity contribution < 1.29 is 3.89 Å². The lowest BCUT2D eigenvalue weighted by molar-refractivity contribution is 0.743. The quantitative estimate of drug-likeness (QED) is 0.249. The molecule has 0 aliphatic carbocycles. The third-order valence-corrected chi connectivity index (χ3v) is 8.04. The van der Waals surface area contributed by atoms with Gasteiger partial charge in [0.25, 0.3) is 0 Å². The molecule has 0 amide bonds. The molecule has 5 aromatic rings. The topological polar surface area (TPSA) is 30.7 Å². The van der Waals surface area contributed by atoms with Gasteiger partial charge < -0.3 is 0 Å². The highest BCUT2D eigenvalue weighted by atomic mass is 32.2. The molecule has 0 fully saturated rings. The molecule has 5 rings (SSSR count). The van der Waals surface area contributed by atoms with E-state index in [2.05, 4.69) is 66.7 Å². The third kappa shape index (κ3) is 3.85. The van der Waals surface area contributed by atoms with Crippen LogP contribution in [0.4, 0.5) is 3.89 Å². The largest absolute Gasteiger partial charge is 0.299 e. The van der Waals surface area contributed by atoms with Crippen LogP contribution >= 0.6 is 23.5 Å². The van der Waals surface area contributed by atoms with Gasteiger partial charge in [0.1, 0.15) is 5.82 Å². The number of hydrogen-bond acceptors (Lipinski definition) is 4. The molecular weight excluding hydrogens is 461 g/mol. The van der Waals surface area contributed by atoms with Crippen molar-refractivity contribution in [3.8, 4) is 27.5 Å². The molecule has 3 nitrogen and oxygen atoms in total. The molecule has 172 valence electrons. The minimum atomic E-state index is -0.726. The fourth-order valence-electron chi connectivity index (χ4n) is 4.74. The van der Waals surface area contributed by atoms with E-state index in [-0.39, 0.29) is 0 Å². The molecule has 0 unspecified atom stereocenters. The van der Waals surface area contributed by atoms with Crippen LogP contribution in [0.15, 0.2) is 67.3 Å². The van der Waals surface area contributed by atoms with Gasteiger partial charge in [0.15, 0.2) is 0 Å². The second-order valence-corrected chi connectivity index (χ2v) is 11.4. The van der Waals surface area contributed by atoms with E-state index in [4.69, 9.17) is 4.98 Å². The molecule has 0 N–H and O–H groups in total. The summed E-state index contributed by atoms with van der Waals surface area (Å²) in [5.74, 6) is 0.831. The van der Waals surface area contributed by atoms with Gasteiger partial charge in [-0.2, -0.15) is 3.89 Å². The molecule has 0 radical (unpaired) electrons. The lowest BCUT2D eigenvalue weighted by atomic mass is 9.94. The monoisotopic (exact) mass is 487 g/mol. The Bertz CT molecular complexity index is 1480. The van der Waals surface area contributed by atoms with Gasteiger partial charge >= 0.3 is 0 Å². The average Bonchev–Trinajstić information content (AvgIpc) is 3.45. The Morgan fingerprint density at radius 2 is 1.76 bits per heavy atom. The lowest BCUT2D eigenvalue weighted by Crippen LogP contribution is -2.13. The summed E-state index contributed by atoms with van der Waals surface area (Å²) in [5, 5.41) is 1.12. The molecule has 6 heteroatoms. The number of thiophene rings is 1. The van der Waals surface area contributed by atoms with Gasteiger partial charge in [-0.3, -0.25) is 9.55 Å². The summed E-state index contributed by atoms with van der Waals surface area (Å²) < 4.78 is 16.8. The second kappa shape index (κ2) is 8.67. The highest BCUT2D eigenvalue weighted by Crippen LogP contribution is 2.47. The minimum absolute atomic E-state index is 0.371. The van der Waals surface area contributed by atoms with Gasteiger partial charge in [0.2, 0.25) is 0 Å². The first-order valence-corrected chi connectivity index (χ1v) is 12.7. The molecule has 34 heavy (non-hydrogen) atoms. The lowest BCUT2D eigenvalue weighted by Gasteiger charge is -2.24. The number of imidazole rings is 1. The van der Waals surface area contributed by atoms with Crippen LogP contribution in [0.2, 0.25) is 0 Å². The van der Waals surface area contributed by atoms with Crippen LogP contribution < -0.4 is 0 Å². The number of nitrogens with zero attached hydrogens (tertiary/aromatic N) is 3. The van der Waals surface area contributed by atoms with Crippen LogP contribution in [-0.4, -0.2) is 14.5 Å². The standard InChI is InChI=1S/C28H26FN3S2/c1-17-13-18(2)25(19(3)14-17)32-12-11-31-27(32)24-22(28(4,5)34-29)9-8-20-15-23(33-26(20)24)21-7-6-10-30-16-21/h6-16H,1-5H3. The van der Waals surface area contributed by atoms with E-state index in [9.17, 15) is 3.89 Å². The van der Waals surface area contributed by atoms with Crippen LogP contribution in [0.3, 0.4) is 0 Å². The van der Waals surface area contributed by atoms with Crippen molar-refractivity contribution in [3.05, 3.63) is 89.5 Å². The molecule has 0 bridgehead atoms. The third-order valence-electron chi connectivity index (χ3n) is 6.21. The number of aryl methyl sites for hydroxylation is 3. The summed E-state index contributed by atoms with van der Waals surface area (Å²) in [6.07, 6.45) is 7.51. The molecule has 3 aromatic heterocycles. The van der Waals surface area contributed by atoms with Crippen LogP contribution in [0.25, 0.3) is 37.6 Å². The SMILES string of the molecule is Cc1cc(C)c(-n2ccnc2-c2c(C(C)(C)SF)ccc3cc(-c4cccnc4)sc23)c(C)c1. The highest BCUT2D eigenvalue weighted by Gasteiger charge is 2.30. The number of pyridine rings is 1. The zero-order valence-electron chi connectivity index (χ0n) is 19.9. The Balaban J connectivity index is 1.83. The minimum Gasteiger partial charge on any atom is -0.299 e. The predicted molar refractivity (Wildman–Crippen MR) is 144 cm³/mol. The van der Waals surface area contributed by atoms with E-state index in [1.807, 2.05) is 38.5 Å². The van der Waals surface area contributed by atoms with Crippen LogP contribution in [0.1, 0.15) is 36.1 Å². The van der Waals surface area contributed by atoms with Crippen LogP contribution in [0.5, 0.6) is 0 Å². The smallest absolute Gasteiger partial charge is 0.146 e. The Kier molecular flexibility index (Phi) is 5.82. The van der Waals surface area contributed by atoms with E-state index < -0.39 is 4.75 Å². The molecule has 0 spiro atoms. The van der Waals surface area contributed by atoms with Crippen molar-refractivity contribution in [1.29, 1.82) is 0 Å². The van der Waals surface area contributed by atoms with Gasteiger partial charge in [-0.25, -0.2) is 4.98 Å². The fraction of sp³-hybridized carbons (Fsp3) is 0.214. The normalized spacial score (nSPS) is 11.9. The van der Waals surface area contributed by atoms with E-state index in [0.29, 0.717) is 12.1 Å². The van der Waals surface area contributed by atoms with Crippen molar-refractivity contribution in [2.75, 3.05) is 0 Å². The summed E-state index contributed by atoms with van der Waals surface area (Å²) in [4.78, 5) is 10.3. The maximum Gasteiger partial charge on any atom is 0.146 e. The molecule has 0 saturated heterocycles. The molecule has 2 aromatic carbocycles. The number of hydrogen-bond donors (Lipinski definition) is 0. The summed E-state index contributed by atoms with van der Waals surface area (Å²) in [6, 6.07) is 14.7. The number of aromatic nitrogens is 3. The molecule has 0 atom stereocenters. The molecular formula is C28H26FN3S2. The summed E-state index contributed by atoms with van der Waals surface area (Å²) in [6.45, 7) is 10.2. The van der Waals surface area contributed by atoms with Gasteiger partial charge in [-0.05, 0) is 68.8 Å². The number of halogens is 1. The van der Waals surface area contributed by atoms with E-state index in [1.165, 1.54) is 16.7 Å². The zero-order valence-corrected chi connectivity index (χ0v) is 21.5. The number of benzene rings is 2. The molecule has 0 saturated carbocycles. The van der Waals surface area contributed by atoms with E-state index in [0.717, 1.165) is 43.2 Å². The van der Waals surface area contributed by atoms with Crippen LogP contribution in [0, 0.1) is 20.8 Å².